The molecule has 2 aliphatic rings. The molecule has 1 aliphatic carbocycles. The summed E-state index contributed by atoms with van der Waals surface area (Å²) >= 11 is 0. The van der Waals surface area contributed by atoms with Gasteiger partial charge in [-0.05, 0) is 37.5 Å². The summed E-state index contributed by atoms with van der Waals surface area (Å²) in [6.07, 6.45) is 6.30. The van der Waals surface area contributed by atoms with Crippen LogP contribution in [0.1, 0.15) is 39.0 Å². The van der Waals surface area contributed by atoms with E-state index in [0.717, 1.165) is 32.1 Å². The Morgan fingerprint density at radius 1 is 1.30 bits per heavy atom. The van der Waals surface area contributed by atoms with Gasteiger partial charge in [0.25, 0.3) is 0 Å². The van der Waals surface area contributed by atoms with Crippen molar-refractivity contribution in [3.63, 3.8) is 0 Å². The molecule has 2 fully saturated rings. The third-order valence-corrected chi connectivity index (χ3v) is 5.83. The molecule has 20 heavy (non-hydrogen) atoms. The van der Waals surface area contributed by atoms with E-state index in [2.05, 4.69) is 12.2 Å². The summed E-state index contributed by atoms with van der Waals surface area (Å²) in [5, 5.41) is 3.05. The lowest BCUT2D eigenvalue weighted by Gasteiger charge is -2.30. The minimum absolute atomic E-state index is 0.203. The molecule has 0 aromatic heterocycles. The molecule has 0 spiro atoms. The topological polar surface area (TPSA) is 66.5 Å². The van der Waals surface area contributed by atoms with Crippen LogP contribution in [0.25, 0.3) is 0 Å². The first-order valence-electron chi connectivity index (χ1n) is 7.64. The van der Waals surface area contributed by atoms with Crippen LogP contribution in [0.15, 0.2) is 0 Å². The second-order valence-electron chi connectivity index (χ2n) is 6.24. The van der Waals surface area contributed by atoms with Crippen LogP contribution in [-0.2, 0) is 14.8 Å². The van der Waals surface area contributed by atoms with Gasteiger partial charge in [0.2, 0.25) is 15.9 Å². The van der Waals surface area contributed by atoms with E-state index >= 15 is 0 Å². The third kappa shape index (κ3) is 4.19. The molecule has 1 saturated heterocycles. The molecule has 2 rings (SSSR count). The molecule has 5 nitrogen and oxygen atoms in total. The second-order valence-corrected chi connectivity index (χ2v) is 8.22. The van der Waals surface area contributed by atoms with Crippen LogP contribution in [0.3, 0.4) is 0 Å². The first kappa shape index (κ1) is 15.8. The molecule has 1 aliphatic heterocycles. The van der Waals surface area contributed by atoms with Crippen LogP contribution < -0.4 is 5.32 Å². The Labute approximate surface area is 122 Å². The van der Waals surface area contributed by atoms with Crippen LogP contribution in [0.5, 0.6) is 0 Å². The average Bonchev–Trinajstić information content (AvgIpc) is 3.15. The van der Waals surface area contributed by atoms with Gasteiger partial charge in [0, 0.05) is 25.6 Å². The molecule has 0 radical (unpaired) electrons. The lowest BCUT2D eigenvalue weighted by Crippen LogP contribution is -2.41. The minimum atomic E-state index is -3.05. The highest BCUT2D eigenvalue weighted by molar-refractivity contribution is 7.88. The van der Waals surface area contributed by atoms with Gasteiger partial charge in [-0.2, -0.15) is 0 Å². The number of sulfonamides is 1. The number of nitrogens with zero attached hydrogens (tertiary/aromatic N) is 1. The summed E-state index contributed by atoms with van der Waals surface area (Å²) in [6.45, 7) is 4.02. The van der Waals surface area contributed by atoms with Crippen molar-refractivity contribution >= 4 is 15.9 Å². The Bertz CT molecular complexity index is 441. The quantitative estimate of drug-likeness (QED) is 0.802. The summed E-state index contributed by atoms with van der Waals surface area (Å²) in [6, 6.07) is 0. The standard InChI is InChI=1S/C14H26N2O3S/c1-3-4-12-9-13(12)14(17)15-10-11-5-7-16(8-6-11)20(2,18)19/h11-13H,3-10H2,1-2H3,(H,15,17)/t12-,13+/m0/s1. The van der Waals surface area contributed by atoms with Crippen molar-refractivity contribution in [3.8, 4) is 0 Å². The Kier molecular flexibility index (Phi) is 5.07. The zero-order valence-electron chi connectivity index (χ0n) is 12.5. The maximum Gasteiger partial charge on any atom is 0.223 e. The van der Waals surface area contributed by atoms with Gasteiger partial charge in [0.15, 0.2) is 0 Å². The number of rotatable bonds is 6. The van der Waals surface area contributed by atoms with Gasteiger partial charge in [-0.1, -0.05) is 13.3 Å². The van der Waals surface area contributed by atoms with Crippen molar-refractivity contribution in [1.82, 2.24) is 9.62 Å². The lowest BCUT2D eigenvalue weighted by atomic mass is 9.98. The first-order valence-corrected chi connectivity index (χ1v) is 9.49. The predicted molar refractivity (Wildman–Crippen MR) is 78.7 cm³/mol. The molecule has 6 heteroatoms. The first-order chi connectivity index (χ1) is 9.41. The van der Waals surface area contributed by atoms with Gasteiger partial charge >= 0.3 is 0 Å². The van der Waals surface area contributed by atoms with E-state index in [0.29, 0.717) is 31.5 Å². The Hall–Kier alpha value is -0.620. The maximum atomic E-state index is 11.9. The van der Waals surface area contributed by atoms with E-state index < -0.39 is 10.0 Å². The van der Waals surface area contributed by atoms with E-state index in [-0.39, 0.29) is 11.8 Å². The summed E-state index contributed by atoms with van der Waals surface area (Å²) in [7, 11) is -3.05. The fraction of sp³-hybridized carbons (Fsp3) is 0.929. The van der Waals surface area contributed by atoms with Crippen molar-refractivity contribution in [2.75, 3.05) is 25.9 Å². The van der Waals surface area contributed by atoms with Crippen molar-refractivity contribution in [2.45, 2.75) is 39.0 Å². The number of nitrogens with one attached hydrogen (secondary N) is 1. The highest BCUT2D eigenvalue weighted by Gasteiger charge is 2.41. The number of hydrogen-bond acceptors (Lipinski definition) is 3. The van der Waals surface area contributed by atoms with Crippen molar-refractivity contribution < 1.29 is 13.2 Å². The molecule has 1 saturated carbocycles. The third-order valence-electron chi connectivity index (χ3n) is 4.53. The predicted octanol–water partition coefficient (Wildman–Crippen LogP) is 1.21. The number of carbonyl (C=O) groups is 1. The molecule has 0 bridgehead atoms. The van der Waals surface area contributed by atoms with Crippen LogP contribution >= 0.6 is 0 Å². The molecule has 0 aromatic carbocycles. The highest BCUT2D eigenvalue weighted by Crippen LogP contribution is 2.42. The fourth-order valence-corrected chi connectivity index (χ4v) is 3.95. The fourth-order valence-electron chi connectivity index (χ4n) is 3.08. The smallest absolute Gasteiger partial charge is 0.223 e. The van der Waals surface area contributed by atoms with Crippen LogP contribution in [0, 0.1) is 17.8 Å². The normalized spacial score (nSPS) is 28.3. The Morgan fingerprint density at radius 2 is 1.95 bits per heavy atom. The van der Waals surface area contributed by atoms with Gasteiger partial charge in [-0.15, -0.1) is 0 Å². The van der Waals surface area contributed by atoms with Crippen LogP contribution in [-0.4, -0.2) is 44.5 Å². The second kappa shape index (κ2) is 6.43. The average molecular weight is 302 g/mol. The van der Waals surface area contributed by atoms with Gasteiger partial charge < -0.3 is 5.32 Å². The van der Waals surface area contributed by atoms with Crippen molar-refractivity contribution in [1.29, 1.82) is 0 Å². The van der Waals surface area contributed by atoms with E-state index in [4.69, 9.17) is 0 Å². The van der Waals surface area contributed by atoms with Crippen LogP contribution in [0.4, 0.5) is 0 Å². The largest absolute Gasteiger partial charge is 0.356 e. The van der Waals surface area contributed by atoms with Crippen molar-refractivity contribution in [2.24, 2.45) is 17.8 Å². The summed E-state index contributed by atoms with van der Waals surface area (Å²) in [5.74, 6) is 1.47. The van der Waals surface area contributed by atoms with E-state index in [1.165, 1.54) is 10.6 Å². The highest BCUT2D eigenvalue weighted by atomic mass is 32.2. The molecular weight excluding hydrogens is 276 g/mol. The van der Waals surface area contributed by atoms with Gasteiger partial charge in [-0.25, -0.2) is 12.7 Å². The van der Waals surface area contributed by atoms with Gasteiger partial charge in [0.1, 0.15) is 0 Å². The number of carbonyl (C=O) groups excluding carboxylic acids is 1. The summed E-state index contributed by atoms with van der Waals surface area (Å²) < 4.78 is 24.4. The lowest BCUT2D eigenvalue weighted by molar-refractivity contribution is -0.122. The molecule has 2 atom stereocenters. The Balaban J connectivity index is 1.66. The summed E-state index contributed by atoms with van der Waals surface area (Å²) in [4.78, 5) is 11.9. The molecule has 0 aromatic rings. The van der Waals surface area contributed by atoms with Crippen molar-refractivity contribution in [3.05, 3.63) is 0 Å². The van der Waals surface area contributed by atoms with E-state index in [9.17, 15) is 13.2 Å². The monoisotopic (exact) mass is 302 g/mol. The molecule has 1 amide bonds. The SMILES string of the molecule is CCC[C@H]1C[C@H]1C(=O)NCC1CCN(S(C)(=O)=O)CC1. The molecule has 1 heterocycles. The van der Waals surface area contributed by atoms with E-state index in [1.54, 1.807) is 0 Å². The molecular formula is C14H26N2O3S. The number of amides is 1. The molecule has 0 unspecified atom stereocenters. The number of piperidine rings is 1. The molecule has 1 N–H and O–H groups in total. The maximum absolute atomic E-state index is 11.9. The van der Waals surface area contributed by atoms with Crippen LogP contribution in [0.2, 0.25) is 0 Å². The summed E-state index contributed by atoms with van der Waals surface area (Å²) in [5.41, 5.74) is 0. The van der Waals surface area contributed by atoms with Gasteiger partial charge in [0.05, 0.1) is 6.26 Å². The molecule has 116 valence electrons. The number of hydrogen-bond donors (Lipinski definition) is 1. The minimum Gasteiger partial charge on any atom is -0.356 e. The van der Waals surface area contributed by atoms with E-state index in [1.807, 2.05) is 0 Å². The van der Waals surface area contributed by atoms with Gasteiger partial charge in [-0.3, -0.25) is 4.79 Å². The zero-order valence-corrected chi connectivity index (χ0v) is 13.3. The zero-order chi connectivity index (χ0) is 14.8. The Morgan fingerprint density at radius 3 is 2.50 bits per heavy atom.